The Hall–Kier alpha value is -1.69. The topological polar surface area (TPSA) is 64.0 Å². The summed E-state index contributed by atoms with van der Waals surface area (Å²) in [5.74, 6) is -0.0768. The van der Waals surface area contributed by atoms with E-state index < -0.39 is 0 Å². The predicted molar refractivity (Wildman–Crippen MR) is 90.9 cm³/mol. The standard InChI is InChI=1S/C17H21N3O2S/c21-14(19-11-5-2-1-3-6-11)9-20-10-18-16-15(17(20)22)12-7-4-8-13(12)23-16/h10-11H,1-9H2,(H,19,21). The highest BCUT2D eigenvalue weighted by Crippen LogP contribution is 2.34. The number of carbonyl (C=O) groups excluding carboxylic acids is 1. The maximum atomic E-state index is 12.7. The van der Waals surface area contributed by atoms with Gasteiger partial charge < -0.3 is 5.32 Å². The molecule has 4 rings (SSSR count). The van der Waals surface area contributed by atoms with Gasteiger partial charge in [0.05, 0.1) is 11.7 Å². The largest absolute Gasteiger partial charge is 0.352 e. The number of amides is 1. The lowest BCUT2D eigenvalue weighted by Crippen LogP contribution is -2.39. The highest BCUT2D eigenvalue weighted by atomic mass is 32.1. The third-order valence-corrected chi connectivity index (χ3v) is 6.18. The van der Waals surface area contributed by atoms with E-state index in [4.69, 9.17) is 0 Å². The molecule has 2 aliphatic rings. The zero-order valence-corrected chi connectivity index (χ0v) is 14.0. The third kappa shape index (κ3) is 2.80. The van der Waals surface area contributed by atoms with Gasteiger partial charge in [-0.25, -0.2) is 4.98 Å². The lowest BCUT2D eigenvalue weighted by molar-refractivity contribution is -0.122. The molecule has 2 aliphatic carbocycles. The number of aryl methyl sites for hydroxylation is 2. The molecule has 1 N–H and O–H groups in total. The van der Waals surface area contributed by atoms with Crippen molar-refractivity contribution in [3.8, 4) is 0 Å². The first-order chi connectivity index (χ1) is 11.2. The average Bonchev–Trinajstić information content (AvgIpc) is 3.11. The average molecular weight is 331 g/mol. The lowest BCUT2D eigenvalue weighted by atomic mass is 9.95. The molecule has 0 spiro atoms. The minimum Gasteiger partial charge on any atom is -0.352 e. The van der Waals surface area contributed by atoms with Gasteiger partial charge in [-0.2, -0.15) is 0 Å². The van der Waals surface area contributed by atoms with Crippen molar-refractivity contribution in [2.75, 3.05) is 0 Å². The zero-order valence-electron chi connectivity index (χ0n) is 13.1. The Morgan fingerprint density at radius 3 is 2.91 bits per heavy atom. The van der Waals surface area contributed by atoms with Gasteiger partial charge in [0, 0.05) is 10.9 Å². The second kappa shape index (κ2) is 6.07. The quantitative estimate of drug-likeness (QED) is 0.939. The number of hydrogen-bond donors (Lipinski definition) is 1. The molecule has 2 aromatic heterocycles. The monoisotopic (exact) mass is 331 g/mol. The van der Waals surface area contributed by atoms with Crippen LogP contribution in [0, 0.1) is 0 Å². The molecule has 122 valence electrons. The first-order valence-corrected chi connectivity index (χ1v) is 9.33. The van der Waals surface area contributed by atoms with Crippen LogP contribution in [0.5, 0.6) is 0 Å². The van der Waals surface area contributed by atoms with Crippen LogP contribution in [-0.4, -0.2) is 21.5 Å². The fourth-order valence-corrected chi connectivity index (χ4v) is 5.03. The van der Waals surface area contributed by atoms with Crippen molar-refractivity contribution < 1.29 is 4.79 Å². The number of nitrogens with zero attached hydrogens (tertiary/aromatic N) is 2. The van der Waals surface area contributed by atoms with Gasteiger partial charge in [0.1, 0.15) is 11.4 Å². The molecule has 0 saturated heterocycles. The molecule has 1 amide bonds. The summed E-state index contributed by atoms with van der Waals surface area (Å²) >= 11 is 1.63. The Morgan fingerprint density at radius 1 is 1.26 bits per heavy atom. The van der Waals surface area contributed by atoms with E-state index in [1.165, 1.54) is 40.6 Å². The Morgan fingerprint density at radius 2 is 2.09 bits per heavy atom. The fraction of sp³-hybridized carbons (Fsp3) is 0.588. The van der Waals surface area contributed by atoms with Gasteiger partial charge in [-0.05, 0) is 37.7 Å². The second-order valence-electron chi connectivity index (χ2n) is 6.62. The van der Waals surface area contributed by atoms with E-state index in [-0.39, 0.29) is 24.1 Å². The van der Waals surface area contributed by atoms with Gasteiger partial charge in [0.2, 0.25) is 5.91 Å². The van der Waals surface area contributed by atoms with Crippen LogP contribution in [0.25, 0.3) is 10.2 Å². The van der Waals surface area contributed by atoms with Crippen molar-refractivity contribution in [3.63, 3.8) is 0 Å². The normalized spacial score (nSPS) is 18.3. The molecule has 1 fully saturated rings. The van der Waals surface area contributed by atoms with E-state index >= 15 is 0 Å². The van der Waals surface area contributed by atoms with E-state index in [0.717, 1.165) is 42.3 Å². The number of carbonyl (C=O) groups is 1. The Labute approximate surface area is 138 Å². The summed E-state index contributed by atoms with van der Waals surface area (Å²) in [5, 5.41) is 3.81. The molecule has 5 nitrogen and oxygen atoms in total. The zero-order chi connectivity index (χ0) is 15.8. The highest BCUT2D eigenvalue weighted by molar-refractivity contribution is 7.18. The van der Waals surface area contributed by atoms with Gasteiger partial charge in [-0.15, -0.1) is 11.3 Å². The van der Waals surface area contributed by atoms with Gasteiger partial charge in [0.15, 0.2) is 0 Å². The Bertz CT molecular complexity index is 802. The molecule has 2 heterocycles. The van der Waals surface area contributed by atoms with Crippen molar-refractivity contribution in [2.24, 2.45) is 0 Å². The smallest absolute Gasteiger partial charge is 0.262 e. The summed E-state index contributed by atoms with van der Waals surface area (Å²) in [4.78, 5) is 31.5. The maximum Gasteiger partial charge on any atom is 0.262 e. The SMILES string of the molecule is O=C(Cn1cnc2sc3c(c2c1=O)CCC3)NC1CCCCC1. The van der Waals surface area contributed by atoms with Crippen LogP contribution in [0.3, 0.4) is 0 Å². The molecule has 0 aromatic carbocycles. The summed E-state index contributed by atoms with van der Waals surface area (Å²) in [6, 6.07) is 0.272. The van der Waals surface area contributed by atoms with Crippen molar-refractivity contribution >= 4 is 27.5 Å². The van der Waals surface area contributed by atoms with E-state index in [9.17, 15) is 9.59 Å². The minimum absolute atomic E-state index is 0.0619. The number of aromatic nitrogens is 2. The molecule has 0 atom stereocenters. The van der Waals surface area contributed by atoms with E-state index in [0.29, 0.717) is 0 Å². The van der Waals surface area contributed by atoms with E-state index in [2.05, 4.69) is 10.3 Å². The number of thiophene rings is 1. The third-order valence-electron chi connectivity index (χ3n) is 4.98. The number of nitrogens with one attached hydrogen (secondary N) is 1. The molecule has 1 saturated carbocycles. The second-order valence-corrected chi connectivity index (χ2v) is 7.70. The number of rotatable bonds is 3. The van der Waals surface area contributed by atoms with Crippen LogP contribution >= 0.6 is 11.3 Å². The predicted octanol–water partition coefficient (Wildman–Crippen LogP) is 2.40. The molecule has 0 bridgehead atoms. The molecule has 6 heteroatoms. The van der Waals surface area contributed by atoms with Crippen LogP contribution in [0.1, 0.15) is 49.0 Å². The summed E-state index contributed by atoms with van der Waals surface area (Å²) in [6.07, 6.45) is 10.4. The summed E-state index contributed by atoms with van der Waals surface area (Å²) in [7, 11) is 0. The molecular formula is C17H21N3O2S. The van der Waals surface area contributed by atoms with Crippen LogP contribution in [-0.2, 0) is 24.2 Å². The maximum absolute atomic E-state index is 12.7. The summed E-state index contributed by atoms with van der Waals surface area (Å²) < 4.78 is 1.46. The van der Waals surface area contributed by atoms with Crippen LogP contribution in [0.4, 0.5) is 0 Å². The first kappa shape index (κ1) is 14.9. The van der Waals surface area contributed by atoms with Crippen molar-refractivity contribution in [2.45, 2.75) is 64.0 Å². The molecule has 23 heavy (non-hydrogen) atoms. The Balaban J connectivity index is 1.55. The van der Waals surface area contributed by atoms with E-state index in [1.54, 1.807) is 11.3 Å². The summed E-state index contributed by atoms with van der Waals surface area (Å²) in [5.41, 5.74) is 1.11. The van der Waals surface area contributed by atoms with Crippen LogP contribution in [0.15, 0.2) is 11.1 Å². The number of hydrogen-bond acceptors (Lipinski definition) is 4. The van der Waals surface area contributed by atoms with Gasteiger partial charge in [-0.3, -0.25) is 14.2 Å². The van der Waals surface area contributed by atoms with Gasteiger partial charge in [-0.1, -0.05) is 19.3 Å². The minimum atomic E-state index is -0.0768. The van der Waals surface area contributed by atoms with E-state index in [1.807, 2.05) is 0 Å². The van der Waals surface area contributed by atoms with Gasteiger partial charge in [0.25, 0.3) is 5.56 Å². The van der Waals surface area contributed by atoms with Crippen LogP contribution < -0.4 is 10.9 Å². The molecule has 0 radical (unpaired) electrons. The molecule has 0 unspecified atom stereocenters. The highest BCUT2D eigenvalue weighted by Gasteiger charge is 2.22. The summed E-state index contributed by atoms with van der Waals surface area (Å²) in [6.45, 7) is 0.0723. The van der Waals surface area contributed by atoms with Crippen LogP contribution in [0.2, 0.25) is 0 Å². The van der Waals surface area contributed by atoms with Crippen molar-refractivity contribution in [1.82, 2.24) is 14.9 Å². The first-order valence-electron chi connectivity index (χ1n) is 8.51. The van der Waals surface area contributed by atoms with Gasteiger partial charge >= 0.3 is 0 Å². The van der Waals surface area contributed by atoms with Crippen molar-refractivity contribution in [1.29, 1.82) is 0 Å². The molecule has 2 aromatic rings. The van der Waals surface area contributed by atoms with Crippen molar-refractivity contribution in [3.05, 3.63) is 27.1 Å². The Kier molecular flexibility index (Phi) is 3.93. The molecule has 0 aliphatic heterocycles. The molecular weight excluding hydrogens is 310 g/mol. The number of fused-ring (bicyclic) bond motifs is 3. The lowest BCUT2D eigenvalue weighted by Gasteiger charge is -2.22. The fourth-order valence-electron chi connectivity index (χ4n) is 3.81.